The van der Waals surface area contributed by atoms with Crippen molar-refractivity contribution in [2.75, 3.05) is 6.61 Å². The molecule has 4 heterocycles. The van der Waals surface area contributed by atoms with Crippen LogP contribution in [0.1, 0.15) is 65.7 Å². The maximum absolute atomic E-state index is 14.8. The molecule has 33 heavy (non-hydrogen) atoms. The van der Waals surface area contributed by atoms with Gasteiger partial charge in [0.1, 0.15) is 22.2 Å². The van der Waals surface area contributed by atoms with Gasteiger partial charge >= 0.3 is 0 Å². The van der Waals surface area contributed by atoms with E-state index in [9.17, 15) is 8.78 Å². The van der Waals surface area contributed by atoms with Crippen molar-refractivity contribution in [3.63, 3.8) is 0 Å². The summed E-state index contributed by atoms with van der Waals surface area (Å²) in [4.78, 5) is 14.4. The van der Waals surface area contributed by atoms with Crippen molar-refractivity contribution in [1.29, 1.82) is 0 Å². The van der Waals surface area contributed by atoms with Crippen LogP contribution in [0.2, 0.25) is 0 Å². The number of thiazole rings is 1. The number of fused-ring (bicyclic) bond motifs is 1. The number of halogens is 2. The number of aromatic nitrogens is 5. The predicted octanol–water partition coefficient (Wildman–Crippen LogP) is 5.64. The van der Waals surface area contributed by atoms with Crippen LogP contribution in [-0.2, 0) is 4.74 Å². The first kappa shape index (κ1) is 20.7. The van der Waals surface area contributed by atoms with E-state index in [1.165, 1.54) is 23.5 Å². The molecule has 4 aromatic rings. The third-order valence-corrected chi connectivity index (χ3v) is 7.43. The Morgan fingerprint density at radius 1 is 1.03 bits per heavy atom. The number of aryl methyl sites for hydroxylation is 1. The maximum atomic E-state index is 14.8. The largest absolute Gasteiger partial charge is 0.373 e. The zero-order chi connectivity index (χ0) is 22.5. The smallest absolute Gasteiger partial charge is 0.174 e. The van der Waals surface area contributed by atoms with Crippen molar-refractivity contribution in [3.05, 3.63) is 64.2 Å². The van der Waals surface area contributed by atoms with Gasteiger partial charge in [0, 0.05) is 35.6 Å². The molecule has 0 bridgehead atoms. The Bertz CT molecular complexity index is 1360. The molecule has 1 aliphatic carbocycles. The van der Waals surface area contributed by atoms with E-state index in [4.69, 9.17) is 19.7 Å². The predicted molar refractivity (Wildman–Crippen MR) is 120 cm³/mol. The molecule has 6 nitrogen and oxygen atoms in total. The quantitative estimate of drug-likeness (QED) is 0.388. The van der Waals surface area contributed by atoms with Crippen LogP contribution in [0, 0.1) is 18.6 Å². The Hall–Kier alpha value is -2.91. The van der Waals surface area contributed by atoms with Crippen LogP contribution in [0.3, 0.4) is 0 Å². The van der Waals surface area contributed by atoms with Gasteiger partial charge in [-0.15, -0.1) is 11.3 Å². The highest BCUT2D eigenvalue weighted by atomic mass is 32.1. The Morgan fingerprint density at radius 3 is 2.70 bits per heavy atom. The summed E-state index contributed by atoms with van der Waals surface area (Å²) < 4.78 is 35.1. The van der Waals surface area contributed by atoms with Crippen molar-refractivity contribution >= 4 is 21.7 Å². The number of ether oxygens (including phenoxy) is 1. The molecular weight excluding hydrogens is 444 g/mol. The van der Waals surface area contributed by atoms with Gasteiger partial charge in [0.15, 0.2) is 5.65 Å². The number of nitrogens with zero attached hydrogens (tertiary/aromatic N) is 5. The third-order valence-electron chi connectivity index (χ3n) is 6.22. The van der Waals surface area contributed by atoms with Gasteiger partial charge in [-0.1, -0.05) is 0 Å². The van der Waals surface area contributed by atoms with Crippen LogP contribution in [0.25, 0.3) is 21.6 Å². The molecule has 2 atom stereocenters. The molecule has 168 valence electrons. The van der Waals surface area contributed by atoms with E-state index in [0.717, 1.165) is 46.3 Å². The minimum absolute atomic E-state index is 0.0231. The average molecular weight is 466 g/mol. The molecule has 0 radical (unpaired) electrons. The van der Waals surface area contributed by atoms with Crippen LogP contribution in [0.15, 0.2) is 30.5 Å². The normalized spacial score (nSPS) is 20.9. The summed E-state index contributed by atoms with van der Waals surface area (Å²) in [5, 5.41) is 9.10. The molecule has 2 fully saturated rings. The fourth-order valence-corrected chi connectivity index (χ4v) is 5.52. The minimum atomic E-state index is -0.634. The van der Waals surface area contributed by atoms with Crippen LogP contribution >= 0.6 is 11.3 Å². The molecule has 3 aromatic heterocycles. The molecule has 1 saturated carbocycles. The van der Waals surface area contributed by atoms with Gasteiger partial charge in [0.2, 0.25) is 0 Å². The van der Waals surface area contributed by atoms with Crippen LogP contribution in [0.5, 0.6) is 0 Å². The number of benzene rings is 1. The molecule has 2 aliphatic rings. The zero-order valence-electron chi connectivity index (χ0n) is 18.0. The molecule has 1 saturated heterocycles. The third kappa shape index (κ3) is 4.00. The fraction of sp³-hybridized carbons (Fsp3) is 0.375. The lowest BCUT2D eigenvalue weighted by molar-refractivity contribution is 0.00370. The summed E-state index contributed by atoms with van der Waals surface area (Å²) in [5.74, 6) is -0.145. The second-order valence-corrected chi connectivity index (χ2v) is 9.78. The Kier molecular flexibility index (Phi) is 5.10. The summed E-state index contributed by atoms with van der Waals surface area (Å²) >= 11 is 1.52. The first-order chi connectivity index (χ1) is 16.0. The summed E-state index contributed by atoms with van der Waals surface area (Å²) in [5.41, 5.74) is 3.16. The van der Waals surface area contributed by atoms with Gasteiger partial charge in [-0.05, 0) is 50.8 Å². The van der Waals surface area contributed by atoms with E-state index in [-0.39, 0.29) is 17.6 Å². The molecular formula is C24H21F2N5OS. The van der Waals surface area contributed by atoms with Gasteiger partial charge in [-0.2, -0.15) is 10.2 Å². The van der Waals surface area contributed by atoms with Gasteiger partial charge in [0.05, 0.1) is 28.7 Å². The number of hydrogen-bond donors (Lipinski definition) is 0. The molecule has 9 heteroatoms. The van der Waals surface area contributed by atoms with E-state index < -0.39 is 11.6 Å². The second-order valence-electron chi connectivity index (χ2n) is 8.74. The Labute approximate surface area is 193 Å². The number of hydrogen-bond acceptors (Lipinski definition) is 7. The topological polar surface area (TPSA) is 73.7 Å². The lowest BCUT2D eigenvalue weighted by Crippen LogP contribution is -2.21. The summed E-state index contributed by atoms with van der Waals surface area (Å²) in [6.45, 7) is 2.46. The molecule has 0 N–H and O–H groups in total. The van der Waals surface area contributed by atoms with Crippen LogP contribution in [0.4, 0.5) is 8.78 Å². The average Bonchev–Trinajstić information content (AvgIpc) is 3.57. The summed E-state index contributed by atoms with van der Waals surface area (Å²) in [7, 11) is 0. The first-order valence-corrected chi connectivity index (χ1v) is 11.9. The number of rotatable bonds is 4. The fourth-order valence-electron chi connectivity index (χ4n) is 4.34. The van der Waals surface area contributed by atoms with Crippen molar-refractivity contribution in [2.45, 2.75) is 50.5 Å². The zero-order valence-corrected chi connectivity index (χ0v) is 18.8. The van der Waals surface area contributed by atoms with Gasteiger partial charge < -0.3 is 4.74 Å². The first-order valence-electron chi connectivity index (χ1n) is 11.1. The molecule has 0 spiro atoms. The van der Waals surface area contributed by atoms with Gasteiger partial charge in [-0.25, -0.2) is 23.7 Å². The van der Waals surface area contributed by atoms with Crippen molar-refractivity contribution < 1.29 is 13.5 Å². The van der Waals surface area contributed by atoms with Crippen molar-refractivity contribution in [1.82, 2.24) is 25.1 Å². The molecule has 1 unspecified atom stereocenters. The van der Waals surface area contributed by atoms with E-state index >= 15 is 0 Å². The van der Waals surface area contributed by atoms with Crippen LogP contribution < -0.4 is 0 Å². The molecule has 6 rings (SSSR count). The summed E-state index contributed by atoms with van der Waals surface area (Å²) in [6, 6.07) is 5.59. The monoisotopic (exact) mass is 465 g/mol. The Morgan fingerprint density at radius 2 is 1.91 bits per heavy atom. The SMILES string of the molecule is Cc1cc(C2C[C@@H](c3nc(-c4ccc(F)cc4F)c4sc(C5CC5)nc4n3)CCO2)cnn1. The standard InChI is InChI=1S/C24H21F2N5OS/c1-12-8-15(11-27-31-12)19-9-14(6-7-32-19)22-28-20(17-5-4-16(25)10-18(17)26)21-23(29-22)30-24(33-21)13-2-3-13/h4-5,8,10-11,13-14,19H,2-3,6-7,9H2,1H3/t14-,19?/m0/s1. The van der Waals surface area contributed by atoms with E-state index in [0.29, 0.717) is 36.1 Å². The van der Waals surface area contributed by atoms with Crippen molar-refractivity contribution in [3.8, 4) is 11.3 Å². The van der Waals surface area contributed by atoms with E-state index in [1.807, 2.05) is 13.0 Å². The second kappa shape index (κ2) is 8.14. The lowest BCUT2D eigenvalue weighted by atomic mass is 9.91. The van der Waals surface area contributed by atoms with E-state index in [2.05, 4.69) is 10.2 Å². The highest BCUT2D eigenvalue weighted by molar-refractivity contribution is 7.19. The molecule has 1 aliphatic heterocycles. The lowest BCUT2D eigenvalue weighted by Gasteiger charge is -2.29. The van der Waals surface area contributed by atoms with Crippen molar-refractivity contribution in [2.24, 2.45) is 0 Å². The minimum Gasteiger partial charge on any atom is -0.373 e. The summed E-state index contributed by atoms with van der Waals surface area (Å²) in [6.07, 6.45) is 5.25. The van der Waals surface area contributed by atoms with Gasteiger partial charge in [-0.3, -0.25) is 0 Å². The maximum Gasteiger partial charge on any atom is 0.174 e. The molecule has 0 amide bonds. The highest BCUT2D eigenvalue weighted by Crippen LogP contribution is 2.45. The Balaban J connectivity index is 1.43. The van der Waals surface area contributed by atoms with Crippen LogP contribution in [-0.4, -0.2) is 31.8 Å². The highest BCUT2D eigenvalue weighted by Gasteiger charge is 2.31. The van der Waals surface area contributed by atoms with E-state index in [1.54, 1.807) is 6.20 Å². The van der Waals surface area contributed by atoms with Gasteiger partial charge in [0.25, 0.3) is 0 Å². The molecule has 1 aromatic carbocycles.